The lowest BCUT2D eigenvalue weighted by Gasteiger charge is -2.50. The van der Waals surface area contributed by atoms with E-state index in [0.29, 0.717) is 19.8 Å². The average molecular weight is 1140 g/mol. The summed E-state index contributed by atoms with van der Waals surface area (Å²) in [6.45, 7) is 22.9. The Hall–Kier alpha value is -3.45. The monoisotopic (exact) mass is 1140 g/mol. The third-order valence-corrected chi connectivity index (χ3v) is 14.0. The minimum atomic E-state index is -1.05. The van der Waals surface area contributed by atoms with E-state index in [-0.39, 0.29) is 49.2 Å². The highest BCUT2D eigenvalue weighted by atomic mass is 16.8. The Morgan fingerprint density at radius 3 is 1.30 bits per heavy atom. The van der Waals surface area contributed by atoms with Crippen LogP contribution in [0.1, 0.15) is 186 Å². The van der Waals surface area contributed by atoms with Crippen molar-refractivity contribution in [2.45, 2.75) is 289 Å². The zero-order chi connectivity index (χ0) is 59.1. The van der Waals surface area contributed by atoms with Gasteiger partial charge in [0.25, 0.3) is 0 Å². The van der Waals surface area contributed by atoms with Gasteiger partial charge in [0.05, 0.1) is 38.6 Å². The van der Waals surface area contributed by atoms with Crippen LogP contribution in [0.3, 0.4) is 0 Å². The Morgan fingerprint density at radius 2 is 0.875 bits per heavy atom. The number of carbonyl (C=O) groups is 3. The van der Waals surface area contributed by atoms with Crippen LogP contribution < -0.4 is 16.0 Å². The summed E-state index contributed by atoms with van der Waals surface area (Å²) in [4.78, 5) is 34.9. The number of carbonyl (C=O) groups excluding carboxylic acids is 3. The minimum absolute atomic E-state index is 0.159. The minimum Gasteiger partial charge on any atom is -0.471 e. The van der Waals surface area contributed by atoms with Gasteiger partial charge in [-0.15, -0.1) is 0 Å². The molecule has 80 heavy (non-hydrogen) atoms. The van der Waals surface area contributed by atoms with E-state index < -0.39 is 85.2 Å². The number of allylic oxidation sites excluding steroid dienone is 3. The molecular formula is C59H105N3O18. The van der Waals surface area contributed by atoms with Crippen LogP contribution in [-0.4, -0.2) is 170 Å². The van der Waals surface area contributed by atoms with Crippen molar-refractivity contribution in [1.29, 1.82) is 0 Å². The molecule has 0 aromatic heterocycles. The quantitative estimate of drug-likeness (QED) is 0.0303. The number of nitrogens with one attached hydrogen (secondary N) is 3. The summed E-state index contributed by atoms with van der Waals surface area (Å²) in [5, 5.41) is 39.0. The average Bonchev–Trinajstić information content (AvgIpc) is 3.40. The van der Waals surface area contributed by atoms with Crippen LogP contribution in [0.15, 0.2) is 37.0 Å². The SMILES string of the molecule is C/C=C\O[C@H]1O[C@@H]2COC(C)(C)O[C@H]2[C@H](O)[C@H]1NC(C)=O.C/C=C\O[C@H]1O[C@@H]2COC(C)(C)O[C@H]2[C@H](OCCCCCCCCCC)[C@H]1NC(C)=O.C/C=C\O[C@H]1O[C@H](CO)[C@@H](O)[C@H](OCCCCCCCCCC)[C@H]1NC(C)=O. The molecule has 5 aliphatic rings. The predicted molar refractivity (Wildman–Crippen MR) is 300 cm³/mol. The van der Waals surface area contributed by atoms with E-state index in [0.717, 1.165) is 25.7 Å². The number of amides is 3. The van der Waals surface area contributed by atoms with E-state index in [1.54, 1.807) is 52.2 Å². The number of ether oxygens (including phenoxy) is 12. The van der Waals surface area contributed by atoms with Gasteiger partial charge in [-0.1, -0.05) is 122 Å². The predicted octanol–water partition coefficient (Wildman–Crippen LogP) is 7.37. The van der Waals surface area contributed by atoms with Crippen molar-refractivity contribution >= 4 is 17.7 Å². The topological polar surface area (TPSA) is 259 Å². The molecule has 5 heterocycles. The van der Waals surface area contributed by atoms with E-state index in [1.165, 1.54) is 110 Å². The summed E-state index contributed by atoms with van der Waals surface area (Å²) in [6.07, 6.45) is 21.1. The fourth-order valence-corrected chi connectivity index (χ4v) is 10.0. The van der Waals surface area contributed by atoms with Crippen LogP contribution in [0.5, 0.6) is 0 Å². The molecule has 0 radical (unpaired) electrons. The first-order valence-corrected chi connectivity index (χ1v) is 29.7. The number of fused-ring (bicyclic) bond motifs is 2. The normalized spacial score (nSPS) is 31.6. The summed E-state index contributed by atoms with van der Waals surface area (Å²) in [7, 11) is 0. The number of aliphatic hydroxyl groups is 3. The number of unbranched alkanes of at least 4 members (excludes halogenated alkanes) is 14. The van der Waals surface area contributed by atoms with Gasteiger partial charge in [-0.3, -0.25) is 14.4 Å². The van der Waals surface area contributed by atoms with Gasteiger partial charge in [0.2, 0.25) is 36.6 Å². The van der Waals surface area contributed by atoms with Crippen LogP contribution >= 0.6 is 0 Å². The van der Waals surface area contributed by atoms with E-state index in [1.807, 2.05) is 20.8 Å². The molecule has 15 atom stereocenters. The Morgan fingerprint density at radius 1 is 0.512 bits per heavy atom. The van der Waals surface area contributed by atoms with Gasteiger partial charge in [-0.2, -0.15) is 0 Å². The lowest BCUT2D eigenvalue weighted by molar-refractivity contribution is -0.368. The van der Waals surface area contributed by atoms with Gasteiger partial charge in [0, 0.05) is 34.0 Å². The maximum absolute atomic E-state index is 11.9. The molecular weight excluding hydrogens is 1040 g/mol. The fraction of sp³-hybridized carbons (Fsp3) is 0.847. The Kier molecular flexibility index (Phi) is 34.0. The molecule has 5 rings (SSSR count). The first-order valence-electron chi connectivity index (χ1n) is 29.7. The summed E-state index contributed by atoms with van der Waals surface area (Å²) < 4.78 is 69.7. The van der Waals surface area contributed by atoms with Crippen LogP contribution in [0, 0.1) is 0 Å². The van der Waals surface area contributed by atoms with Gasteiger partial charge in [-0.25, -0.2) is 0 Å². The molecule has 21 nitrogen and oxygen atoms in total. The Bertz CT molecular complexity index is 1810. The molecule has 0 aromatic carbocycles. The smallest absolute Gasteiger partial charge is 0.222 e. The highest BCUT2D eigenvalue weighted by molar-refractivity contribution is 5.74. The summed E-state index contributed by atoms with van der Waals surface area (Å²) in [5.74, 6) is -2.24. The lowest BCUT2D eigenvalue weighted by Crippen LogP contribution is -2.68. The maximum atomic E-state index is 11.9. The maximum Gasteiger partial charge on any atom is 0.222 e. The number of hydrogen-bond acceptors (Lipinski definition) is 18. The van der Waals surface area contributed by atoms with Gasteiger partial charge in [0.15, 0.2) is 11.6 Å². The zero-order valence-corrected chi connectivity index (χ0v) is 50.4. The van der Waals surface area contributed by atoms with Crippen molar-refractivity contribution in [3.63, 3.8) is 0 Å². The molecule has 5 fully saturated rings. The molecule has 21 heteroatoms. The summed E-state index contributed by atoms with van der Waals surface area (Å²) >= 11 is 0. The highest BCUT2D eigenvalue weighted by Crippen LogP contribution is 2.36. The largest absolute Gasteiger partial charge is 0.471 e. The molecule has 5 saturated heterocycles. The Balaban J connectivity index is 0.000000321. The zero-order valence-electron chi connectivity index (χ0n) is 50.4. The molecule has 0 unspecified atom stereocenters. The summed E-state index contributed by atoms with van der Waals surface area (Å²) in [6, 6.07) is -1.85. The third kappa shape index (κ3) is 25.2. The van der Waals surface area contributed by atoms with E-state index in [2.05, 4.69) is 29.8 Å². The summed E-state index contributed by atoms with van der Waals surface area (Å²) in [5.41, 5.74) is 0. The van der Waals surface area contributed by atoms with Gasteiger partial charge < -0.3 is 88.1 Å². The fourth-order valence-electron chi connectivity index (χ4n) is 10.0. The molecule has 464 valence electrons. The molecule has 3 amide bonds. The van der Waals surface area contributed by atoms with Crippen molar-refractivity contribution in [1.82, 2.24) is 16.0 Å². The van der Waals surface area contributed by atoms with Crippen LogP contribution in [-0.2, 0) is 71.2 Å². The molecule has 0 aromatic rings. The first kappa shape index (κ1) is 70.8. The van der Waals surface area contributed by atoms with Crippen molar-refractivity contribution in [2.75, 3.05) is 33.0 Å². The van der Waals surface area contributed by atoms with Crippen LogP contribution in [0.4, 0.5) is 0 Å². The molecule has 0 saturated carbocycles. The van der Waals surface area contributed by atoms with E-state index >= 15 is 0 Å². The molecule has 6 N–H and O–H groups in total. The second-order valence-electron chi connectivity index (χ2n) is 22.0. The van der Waals surface area contributed by atoms with Crippen LogP contribution in [0.25, 0.3) is 0 Å². The molecule has 5 aliphatic heterocycles. The van der Waals surface area contributed by atoms with Crippen LogP contribution in [0.2, 0.25) is 0 Å². The van der Waals surface area contributed by atoms with E-state index in [9.17, 15) is 29.7 Å². The molecule has 0 bridgehead atoms. The van der Waals surface area contributed by atoms with E-state index in [4.69, 9.17) is 56.8 Å². The van der Waals surface area contributed by atoms with Crippen molar-refractivity contribution in [3.8, 4) is 0 Å². The third-order valence-electron chi connectivity index (χ3n) is 14.0. The number of hydrogen-bond donors (Lipinski definition) is 6. The van der Waals surface area contributed by atoms with Gasteiger partial charge >= 0.3 is 0 Å². The number of rotatable bonds is 30. The first-order chi connectivity index (χ1) is 38.3. The van der Waals surface area contributed by atoms with Crippen molar-refractivity contribution < 1.29 is 86.5 Å². The lowest BCUT2D eigenvalue weighted by atomic mass is 9.95. The van der Waals surface area contributed by atoms with Crippen molar-refractivity contribution in [3.05, 3.63) is 37.0 Å². The highest BCUT2D eigenvalue weighted by Gasteiger charge is 2.54. The van der Waals surface area contributed by atoms with Crippen molar-refractivity contribution in [2.24, 2.45) is 0 Å². The molecule has 0 aliphatic carbocycles. The van der Waals surface area contributed by atoms with Gasteiger partial charge in [0.1, 0.15) is 73.1 Å². The Labute approximate surface area is 478 Å². The van der Waals surface area contributed by atoms with Gasteiger partial charge in [-0.05, 0) is 61.3 Å². The second kappa shape index (κ2) is 38.4. The second-order valence-corrected chi connectivity index (χ2v) is 22.0. The molecule has 0 spiro atoms. The number of aliphatic hydroxyl groups excluding tert-OH is 3. The standard InChI is InChI=1S/C24H43NO6.C21H39NO6.C14H23NO6/c1-6-8-9-10-11-12-13-14-16-27-22-20(25-18(3)26)23(28-15-7-2)30-19-17-29-24(4,5)31-21(19)22;1-4-6-7-8-9-10-11-12-14-26-20-18(22-16(3)24)21(27-13-5-2)28-17(15-23)19(20)25;1-5-6-18-13-10(15-8(2)16)11(17)12-9(20-13)7-19-14(3,4)21-12/h7,15,19-23H,6,8-14,16-17H2,1-5H3,(H,25,26);5,13,17-21,23,25H,4,6-12,14-15H2,1-3H3,(H,22,24);5-6,9-13,17H,7H2,1-4H3,(H,15,16)/b15-7-;13-5-;6-5-/t19-,20-,21-,22-,23+;17-,18-,19-,20-,21+;9-,10-,11-,12-,13+/m111/s1.